The molecule has 5 nitrogen and oxygen atoms in total. The maximum atomic E-state index is 11.7. The van der Waals surface area contributed by atoms with Gasteiger partial charge in [0.2, 0.25) is 17.8 Å². The first-order chi connectivity index (χ1) is 6.03. The van der Waals surface area contributed by atoms with E-state index in [4.69, 9.17) is 0 Å². The fraction of sp³-hybridized carbons (Fsp3) is 0.625. The average Bonchev–Trinajstić information content (AvgIpc) is 2.49. The predicted octanol–water partition coefficient (Wildman–Crippen LogP) is -0.659. The van der Waals surface area contributed by atoms with Crippen LogP contribution in [0.3, 0.4) is 0 Å². The second-order valence-electron chi connectivity index (χ2n) is 3.74. The number of fused-ring (bicyclic) bond motifs is 1. The van der Waals surface area contributed by atoms with Gasteiger partial charge in [0, 0.05) is 6.54 Å². The predicted molar refractivity (Wildman–Crippen MR) is 45.9 cm³/mol. The van der Waals surface area contributed by atoms with E-state index >= 15 is 0 Å². The van der Waals surface area contributed by atoms with Gasteiger partial charge in [-0.1, -0.05) is 0 Å². The van der Waals surface area contributed by atoms with Crippen LogP contribution in [0.2, 0.25) is 0 Å². The highest BCUT2D eigenvalue weighted by molar-refractivity contribution is 6.20. The molecule has 0 unspecified atom stereocenters. The van der Waals surface area contributed by atoms with E-state index in [0.717, 1.165) is 0 Å². The number of nitrogens with one attached hydrogen (secondary N) is 1. The zero-order chi connectivity index (χ0) is 9.64. The molecule has 2 amide bonds. The molecule has 0 atom stereocenters. The van der Waals surface area contributed by atoms with Gasteiger partial charge in [0.1, 0.15) is 5.41 Å². The third-order valence-electron chi connectivity index (χ3n) is 2.41. The molecule has 0 radical (unpaired) electrons. The molecular weight excluding hydrogens is 170 g/mol. The molecule has 2 rings (SSSR count). The highest BCUT2D eigenvalue weighted by Gasteiger charge is 2.46. The van der Waals surface area contributed by atoms with Crippen LogP contribution in [0.4, 0.5) is 0 Å². The first kappa shape index (κ1) is 8.22. The van der Waals surface area contributed by atoms with Crippen molar-refractivity contribution in [2.24, 2.45) is 10.4 Å². The number of nitrogens with zero attached hydrogens (tertiary/aromatic N) is 2. The van der Waals surface area contributed by atoms with Crippen LogP contribution < -0.4 is 5.32 Å². The van der Waals surface area contributed by atoms with E-state index in [9.17, 15) is 9.59 Å². The summed E-state index contributed by atoms with van der Waals surface area (Å²) in [6.07, 6.45) is 0. The van der Waals surface area contributed by atoms with Crippen LogP contribution in [0.1, 0.15) is 13.8 Å². The third kappa shape index (κ3) is 0.961. The van der Waals surface area contributed by atoms with Crippen molar-refractivity contribution in [2.75, 3.05) is 13.1 Å². The lowest BCUT2D eigenvalue weighted by Crippen LogP contribution is -2.61. The van der Waals surface area contributed by atoms with Crippen LogP contribution in [-0.4, -0.2) is 35.8 Å². The molecule has 1 saturated heterocycles. The largest absolute Gasteiger partial charge is 0.295 e. The van der Waals surface area contributed by atoms with Gasteiger partial charge in [-0.2, -0.15) is 0 Å². The summed E-state index contributed by atoms with van der Waals surface area (Å²) < 4.78 is 0. The molecule has 2 heterocycles. The average molecular weight is 181 g/mol. The first-order valence-corrected chi connectivity index (χ1v) is 4.21. The van der Waals surface area contributed by atoms with Gasteiger partial charge in [-0.15, -0.1) is 0 Å². The summed E-state index contributed by atoms with van der Waals surface area (Å²) in [5, 5.41) is 2.62. The van der Waals surface area contributed by atoms with Crippen LogP contribution in [0.5, 0.6) is 0 Å². The van der Waals surface area contributed by atoms with Gasteiger partial charge < -0.3 is 0 Å². The molecule has 5 heteroatoms. The van der Waals surface area contributed by atoms with E-state index in [2.05, 4.69) is 10.3 Å². The van der Waals surface area contributed by atoms with E-state index in [1.807, 2.05) is 0 Å². The SMILES string of the molecule is CC1(C)C(=O)NC2=NCCN2C1=O. The van der Waals surface area contributed by atoms with E-state index in [1.165, 1.54) is 4.90 Å². The van der Waals surface area contributed by atoms with Crippen LogP contribution in [0.15, 0.2) is 4.99 Å². The molecular formula is C8H11N3O2. The van der Waals surface area contributed by atoms with Crippen molar-refractivity contribution in [3.63, 3.8) is 0 Å². The first-order valence-electron chi connectivity index (χ1n) is 4.21. The number of guanidine groups is 1. The molecule has 2 aliphatic rings. The van der Waals surface area contributed by atoms with E-state index in [0.29, 0.717) is 19.0 Å². The van der Waals surface area contributed by atoms with Crippen molar-refractivity contribution in [1.82, 2.24) is 10.2 Å². The Hall–Kier alpha value is -1.39. The Kier molecular flexibility index (Phi) is 1.46. The zero-order valence-corrected chi connectivity index (χ0v) is 7.63. The minimum Gasteiger partial charge on any atom is -0.295 e. The molecule has 0 aromatic rings. The van der Waals surface area contributed by atoms with Crippen molar-refractivity contribution in [3.05, 3.63) is 0 Å². The minimum atomic E-state index is -0.955. The van der Waals surface area contributed by atoms with Gasteiger partial charge in [0.15, 0.2) is 0 Å². The summed E-state index contributed by atoms with van der Waals surface area (Å²) in [5.41, 5.74) is -0.955. The third-order valence-corrected chi connectivity index (χ3v) is 2.41. The van der Waals surface area contributed by atoms with Crippen LogP contribution in [-0.2, 0) is 9.59 Å². The molecule has 0 aromatic heterocycles. The van der Waals surface area contributed by atoms with Gasteiger partial charge in [-0.05, 0) is 13.8 Å². The molecule has 0 saturated carbocycles. The number of rotatable bonds is 0. The van der Waals surface area contributed by atoms with Gasteiger partial charge >= 0.3 is 0 Å². The molecule has 1 N–H and O–H groups in total. The Bertz CT molecular complexity index is 319. The van der Waals surface area contributed by atoms with Crippen LogP contribution in [0, 0.1) is 5.41 Å². The summed E-state index contributed by atoms with van der Waals surface area (Å²) in [4.78, 5) is 28.7. The molecule has 0 aliphatic carbocycles. The Balaban J connectivity index is 2.38. The summed E-state index contributed by atoms with van der Waals surface area (Å²) in [6.45, 7) is 4.41. The molecule has 13 heavy (non-hydrogen) atoms. The summed E-state index contributed by atoms with van der Waals surface area (Å²) in [7, 11) is 0. The number of hydrogen-bond donors (Lipinski definition) is 1. The minimum absolute atomic E-state index is 0.160. The number of carbonyl (C=O) groups is 2. The summed E-state index contributed by atoms with van der Waals surface area (Å²) >= 11 is 0. The van der Waals surface area contributed by atoms with Crippen LogP contribution in [0.25, 0.3) is 0 Å². The van der Waals surface area contributed by atoms with Crippen molar-refractivity contribution < 1.29 is 9.59 Å². The number of hydrogen-bond acceptors (Lipinski definition) is 3. The fourth-order valence-electron chi connectivity index (χ4n) is 1.44. The molecule has 1 fully saturated rings. The lowest BCUT2D eigenvalue weighted by molar-refractivity contribution is -0.147. The standard InChI is InChI=1S/C8H11N3O2/c1-8(2)5(12)10-7-9-3-4-11(7)6(8)13/h3-4H2,1-2H3,(H,9,10,12). The van der Waals surface area contributed by atoms with E-state index < -0.39 is 5.41 Å². The summed E-state index contributed by atoms with van der Waals surface area (Å²) in [5.74, 6) is -0.0174. The lowest BCUT2D eigenvalue weighted by Gasteiger charge is -2.33. The Morgan fingerprint density at radius 2 is 2.15 bits per heavy atom. The molecule has 0 aromatic carbocycles. The van der Waals surface area contributed by atoms with Crippen molar-refractivity contribution in [2.45, 2.75) is 13.8 Å². The Morgan fingerprint density at radius 1 is 1.46 bits per heavy atom. The number of carbonyl (C=O) groups excluding carboxylic acids is 2. The van der Waals surface area contributed by atoms with Gasteiger partial charge in [-0.3, -0.25) is 24.8 Å². The van der Waals surface area contributed by atoms with Gasteiger partial charge in [0.25, 0.3) is 0 Å². The lowest BCUT2D eigenvalue weighted by atomic mass is 9.89. The quantitative estimate of drug-likeness (QED) is 0.504. The summed E-state index contributed by atoms with van der Waals surface area (Å²) in [6, 6.07) is 0. The number of aliphatic imine (C=N–C) groups is 1. The highest BCUT2D eigenvalue weighted by Crippen LogP contribution is 2.24. The molecule has 0 bridgehead atoms. The normalized spacial score (nSPS) is 25.4. The van der Waals surface area contributed by atoms with Crippen molar-refractivity contribution in [1.29, 1.82) is 0 Å². The highest BCUT2D eigenvalue weighted by atomic mass is 16.2. The second-order valence-corrected chi connectivity index (χ2v) is 3.74. The van der Waals surface area contributed by atoms with Gasteiger partial charge in [0.05, 0.1) is 6.54 Å². The van der Waals surface area contributed by atoms with Crippen LogP contribution >= 0.6 is 0 Å². The van der Waals surface area contributed by atoms with Gasteiger partial charge in [-0.25, -0.2) is 0 Å². The molecule has 0 spiro atoms. The molecule has 70 valence electrons. The van der Waals surface area contributed by atoms with Crippen molar-refractivity contribution in [3.8, 4) is 0 Å². The zero-order valence-electron chi connectivity index (χ0n) is 7.63. The second kappa shape index (κ2) is 2.31. The van der Waals surface area contributed by atoms with E-state index in [-0.39, 0.29) is 11.8 Å². The maximum Gasteiger partial charge on any atom is 0.244 e. The fourth-order valence-corrected chi connectivity index (χ4v) is 1.44. The number of amides is 2. The monoisotopic (exact) mass is 181 g/mol. The molecule has 2 aliphatic heterocycles. The smallest absolute Gasteiger partial charge is 0.244 e. The maximum absolute atomic E-state index is 11.7. The Labute approximate surface area is 75.8 Å². The Morgan fingerprint density at radius 3 is 2.85 bits per heavy atom. The van der Waals surface area contributed by atoms with Crippen molar-refractivity contribution >= 4 is 17.8 Å². The topological polar surface area (TPSA) is 61.8 Å². The van der Waals surface area contributed by atoms with E-state index in [1.54, 1.807) is 13.8 Å².